The van der Waals surface area contributed by atoms with Crippen LogP contribution in [0.3, 0.4) is 0 Å². The van der Waals surface area contributed by atoms with Crippen molar-refractivity contribution < 1.29 is 23.7 Å². The lowest BCUT2D eigenvalue weighted by atomic mass is 10.1. The molecule has 0 saturated carbocycles. The number of rotatable bonds is 11. The first-order valence-corrected chi connectivity index (χ1v) is 11.6. The van der Waals surface area contributed by atoms with Crippen LogP contribution in [0, 0.1) is 11.3 Å². The predicted molar refractivity (Wildman–Crippen MR) is 138 cm³/mol. The van der Waals surface area contributed by atoms with Crippen molar-refractivity contribution >= 4 is 23.6 Å². The summed E-state index contributed by atoms with van der Waals surface area (Å²) in [6, 6.07) is 19.9. The molecule has 0 aliphatic heterocycles. The van der Waals surface area contributed by atoms with Gasteiger partial charge in [-0.2, -0.15) is 5.26 Å². The van der Waals surface area contributed by atoms with Crippen molar-refractivity contribution in [3.05, 3.63) is 87.9 Å². The predicted octanol–water partition coefficient (Wildman–Crippen LogP) is 5.56. The lowest BCUT2D eigenvalue weighted by molar-refractivity contribution is -0.117. The van der Waals surface area contributed by atoms with Crippen molar-refractivity contribution in [3.63, 3.8) is 0 Å². The molecular weight excluding hydrogens is 480 g/mol. The van der Waals surface area contributed by atoms with Gasteiger partial charge in [-0.1, -0.05) is 35.9 Å². The number of carbonyl (C=O) groups excluding carboxylic acids is 1. The van der Waals surface area contributed by atoms with Gasteiger partial charge in [0.25, 0.3) is 5.91 Å². The maximum Gasteiger partial charge on any atom is 0.262 e. The first kappa shape index (κ1) is 26.5. The van der Waals surface area contributed by atoms with E-state index in [4.69, 9.17) is 30.5 Å². The fourth-order valence-corrected chi connectivity index (χ4v) is 3.55. The van der Waals surface area contributed by atoms with E-state index in [9.17, 15) is 10.1 Å². The lowest BCUT2D eigenvalue weighted by Gasteiger charge is -2.13. The Kier molecular flexibility index (Phi) is 9.61. The zero-order valence-electron chi connectivity index (χ0n) is 20.3. The zero-order valence-corrected chi connectivity index (χ0v) is 21.1. The van der Waals surface area contributed by atoms with Crippen molar-refractivity contribution in [2.24, 2.45) is 0 Å². The van der Waals surface area contributed by atoms with Crippen LogP contribution in [0.5, 0.6) is 23.0 Å². The molecule has 0 fully saturated rings. The number of nitrogens with zero attached hydrogens (tertiary/aromatic N) is 1. The number of hydrogen-bond acceptors (Lipinski definition) is 6. The van der Waals surface area contributed by atoms with Gasteiger partial charge in [0, 0.05) is 28.8 Å². The fourth-order valence-electron chi connectivity index (χ4n) is 3.36. The Morgan fingerprint density at radius 2 is 1.78 bits per heavy atom. The van der Waals surface area contributed by atoms with Crippen LogP contribution in [-0.2, 0) is 17.9 Å². The Morgan fingerprint density at radius 1 is 0.972 bits per heavy atom. The van der Waals surface area contributed by atoms with Crippen LogP contribution in [0.2, 0.25) is 5.02 Å². The number of nitrogens with one attached hydrogen (secondary N) is 1. The first-order chi connectivity index (χ1) is 17.5. The summed E-state index contributed by atoms with van der Waals surface area (Å²) in [6.45, 7) is 2.74. The molecule has 0 radical (unpaired) electrons. The molecular formula is C28H27ClN2O5. The molecule has 0 atom stereocenters. The quantitative estimate of drug-likeness (QED) is 0.270. The third kappa shape index (κ3) is 6.94. The van der Waals surface area contributed by atoms with Crippen molar-refractivity contribution in [1.82, 2.24) is 5.32 Å². The molecule has 3 aromatic carbocycles. The minimum atomic E-state index is -0.507. The van der Waals surface area contributed by atoms with E-state index < -0.39 is 5.91 Å². The smallest absolute Gasteiger partial charge is 0.262 e. The van der Waals surface area contributed by atoms with Crippen LogP contribution in [0.15, 0.2) is 66.2 Å². The Hall–Kier alpha value is -4.15. The van der Waals surface area contributed by atoms with Gasteiger partial charge in [0.1, 0.15) is 29.7 Å². The monoisotopic (exact) mass is 506 g/mol. The summed E-state index contributed by atoms with van der Waals surface area (Å²) in [6.07, 6.45) is 1.50. The molecule has 7 nitrogen and oxygen atoms in total. The standard InChI is InChI=1S/C28H27ClN2O5/c1-4-35-27-14-19(9-12-25(27)36-18-21-7-5-6-8-24(21)29)13-22(16-30)28(32)31-17-20-10-11-23(33-2)15-26(20)34-3/h5-15H,4,17-18H2,1-3H3,(H,31,32)/b22-13+. The zero-order chi connectivity index (χ0) is 25.9. The Balaban J connectivity index is 1.74. The van der Waals surface area contributed by atoms with Crippen LogP contribution < -0.4 is 24.3 Å². The number of amides is 1. The van der Waals surface area contributed by atoms with Gasteiger partial charge >= 0.3 is 0 Å². The van der Waals surface area contributed by atoms with E-state index in [2.05, 4.69) is 5.32 Å². The highest BCUT2D eigenvalue weighted by molar-refractivity contribution is 6.31. The summed E-state index contributed by atoms with van der Waals surface area (Å²) in [5.74, 6) is 1.74. The fraction of sp³-hybridized carbons (Fsp3) is 0.214. The van der Waals surface area contributed by atoms with E-state index in [0.29, 0.717) is 40.2 Å². The molecule has 3 aromatic rings. The summed E-state index contributed by atoms with van der Waals surface area (Å²) in [7, 11) is 3.10. The highest BCUT2D eigenvalue weighted by atomic mass is 35.5. The Labute approximate surface area is 215 Å². The molecule has 3 rings (SSSR count). The van der Waals surface area contributed by atoms with Gasteiger partial charge in [0.2, 0.25) is 0 Å². The number of ether oxygens (including phenoxy) is 4. The minimum absolute atomic E-state index is 0.0466. The second kappa shape index (κ2) is 13.1. The second-order valence-corrected chi connectivity index (χ2v) is 7.96. The Morgan fingerprint density at radius 3 is 2.47 bits per heavy atom. The summed E-state index contributed by atoms with van der Waals surface area (Å²) in [4.78, 5) is 12.7. The van der Waals surface area contributed by atoms with Gasteiger partial charge in [0.15, 0.2) is 11.5 Å². The third-order valence-electron chi connectivity index (χ3n) is 5.22. The van der Waals surface area contributed by atoms with Gasteiger partial charge < -0.3 is 24.3 Å². The number of carbonyl (C=O) groups is 1. The molecule has 36 heavy (non-hydrogen) atoms. The van der Waals surface area contributed by atoms with Crippen LogP contribution >= 0.6 is 11.6 Å². The number of benzene rings is 3. The van der Waals surface area contributed by atoms with Crippen LogP contribution in [0.1, 0.15) is 23.6 Å². The molecule has 0 saturated heterocycles. The SMILES string of the molecule is CCOc1cc(/C=C(\C#N)C(=O)NCc2ccc(OC)cc2OC)ccc1OCc1ccccc1Cl. The maximum absolute atomic E-state index is 12.7. The number of nitriles is 1. The molecule has 0 bridgehead atoms. The Bertz CT molecular complexity index is 1280. The van der Waals surface area contributed by atoms with Crippen molar-refractivity contribution in [2.75, 3.05) is 20.8 Å². The van der Waals surface area contributed by atoms with E-state index >= 15 is 0 Å². The third-order valence-corrected chi connectivity index (χ3v) is 5.59. The summed E-state index contributed by atoms with van der Waals surface area (Å²) in [5, 5.41) is 13.0. The summed E-state index contributed by atoms with van der Waals surface area (Å²) >= 11 is 6.21. The molecule has 0 aromatic heterocycles. The van der Waals surface area contributed by atoms with Gasteiger partial charge in [-0.3, -0.25) is 4.79 Å². The first-order valence-electron chi connectivity index (χ1n) is 11.2. The largest absolute Gasteiger partial charge is 0.497 e. The molecule has 8 heteroatoms. The normalized spacial score (nSPS) is 10.8. The second-order valence-electron chi connectivity index (χ2n) is 7.55. The highest BCUT2D eigenvalue weighted by Gasteiger charge is 2.13. The average molecular weight is 507 g/mol. The molecule has 1 N–H and O–H groups in total. The molecule has 0 aliphatic rings. The number of hydrogen-bond donors (Lipinski definition) is 1. The van der Waals surface area contributed by atoms with Crippen molar-refractivity contribution in [3.8, 4) is 29.1 Å². The van der Waals surface area contributed by atoms with E-state index in [1.807, 2.05) is 31.2 Å². The average Bonchev–Trinajstić information content (AvgIpc) is 2.90. The topological polar surface area (TPSA) is 89.8 Å². The van der Waals surface area contributed by atoms with E-state index in [1.165, 1.54) is 6.08 Å². The highest BCUT2D eigenvalue weighted by Crippen LogP contribution is 2.31. The molecule has 0 unspecified atom stereocenters. The molecule has 0 heterocycles. The van der Waals surface area contributed by atoms with Crippen LogP contribution in [0.4, 0.5) is 0 Å². The van der Waals surface area contributed by atoms with E-state index in [-0.39, 0.29) is 18.7 Å². The van der Waals surface area contributed by atoms with Crippen LogP contribution in [-0.4, -0.2) is 26.7 Å². The number of methoxy groups -OCH3 is 2. The van der Waals surface area contributed by atoms with E-state index in [0.717, 1.165) is 11.1 Å². The maximum atomic E-state index is 12.7. The summed E-state index contributed by atoms with van der Waals surface area (Å²) < 4.78 is 22.2. The molecule has 186 valence electrons. The minimum Gasteiger partial charge on any atom is -0.497 e. The molecule has 0 spiro atoms. The lowest BCUT2D eigenvalue weighted by Crippen LogP contribution is -2.24. The van der Waals surface area contributed by atoms with Gasteiger partial charge in [0.05, 0.1) is 20.8 Å². The molecule has 0 aliphatic carbocycles. The molecule has 1 amide bonds. The van der Waals surface area contributed by atoms with Gasteiger partial charge in [-0.05, 0) is 48.9 Å². The van der Waals surface area contributed by atoms with Gasteiger partial charge in [-0.25, -0.2) is 0 Å². The van der Waals surface area contributed by atoms with Gasteiger partial charge in [-0.15, -0.1) is 0 Å². The van der Waals surface area contributed by atoms with Crippen molar-refractivity contribution in [2.45, 2.75) is 20.1 Å². The van der Waals surface area contributed by atoms with Crippen molar-refractivity contribution in [1.29, 1.82) is 5.26 Å². The van der Waals surface area contributed by atoms with Crippen LogP contribution in [0.25, 0.3) is 6.08 Å². The number of halogens is 1. The summed E-state index contributed by atoms with van der Waals surface area (Å²) in [5.41, 5.74) is 2.18. The van der Waals surface area contributed by atoms with E-state index in [1.54, 1.807) is 56.7 Å².